The zero-order chi connectivity index (χ0) is 17.4. The molecule has 0 aliphatic heterocycles. The lowest BCUT2D eigenvalue weighted by Gasteiger charge is -2.19. The van der Waals surface area contributed by atoms with Crippen LogP contribution >= 0.6 is 11.6 Å². The first kappa shape index (κ1) is 16.1. The monoisotopic (exact) mass is 344 g/mol. The molecule has 0 atom stereocenters. The average Bonchev–Trinajstić information content (AvgIpc) is 2.59. The number of phenols is 1. The second-order valence-electron chi connectivity index (χ2n) is 5.12. The topological polar surface area (TPSA) is 72.8 Å². The van der Waals surface area contributed by atoms with E-state index in [1.54, 1.807) is 18.2 Å². The maximum Gasteiger partial charge on any atom is 0.206 e. The zero-order valence-corrected chi connectivity index (χ0v) is 13.7. The summed E-state index contributed by atoms with van der Waals surface area (Å²) in [4.78, 5) is 25.3. The van der Waals surface area contributed by atoms with E-state index in [2.05, 4.69) is 0 Å². The minimum atomic E-state index is -0.514. The van der Waals surface area contributed by atoms with Crippen molar-refractivity contribution in [2.75, 3.05) is 14.2 Å². The van der Waals surface area contributed by atoms with Gasteiger partial charge in [0.15, 0.2) is 17.3 Å². The molecule has 1 aliphatic carbocycles. The highest BCUT2D eigenvalue weighted by Crippen LogP contribution is 2.40. The number of phenolic OH excluding ortho intramolecular Hbond substituents is 1. The number of ether oxygens (including phenoxy) is 2. The van der Waals surface area contributed by atoms with Gasteiger partial charge in [0, 0.05) is 5.56 Å². The van der Waals surface area contributed by atoms with Gasteiger partial charge < -0.3 is 14.6 Å². The number of benzene rings is 2. The summed E-state index contributed by atoms with van der Waals surface area (Å²) in [7, 11) is 2.96. The fourth-order valence-corrected chi connectivity index (χ4v) is 2.97. The number of carbonyl (C=O) groups excluding carboxylic acids is 2. The average molecular weight is 345 g/mol. The van der Waals surface area contributed by atoms with E-state index in [1.165, 1.54) is 32.4 Å². The van der Waals surface area contributed by atoms with Crippen molar-refractivity contribution in [3.05, 3.63) is 58.1 Å². The molecule has 122 valence electrons. The fourth-order valence-electron chi connectivity index (χ4n) is 2.67. The number of allylic oxidation sites excluding steroid dienone is 2. The van der Waals surface area contributed by atoms with Crippen LogP contribution < -0.4 is 9.47 Å². The Hall–Kier alpha value is -2.79. The molecule has 0 saturated heterocycles. The first-order valence-corrected chi connectivity index (χ1v) is 7.41. The van der Waals surface area contributed by atoms with Crippen LogP contribution in [0.2, 0.25) is 0 Å². The molecule has 3 rings (SSSR count). The first-order valence-electron chi connectivity index (χ1n) is 7.03. The number of aromatic hydroxyl groups is 1. The Kier molecular flexibility index (Phi) is 4.03. The van der Waals surface area contributed by atoms with Gasteiger partial charge in [0.2, 0.25) is 5.78 Å². The molecule has 0 fully saturated rings. The van der Waals surface area contributed by atoms with Gasteiger partial charge in [-0.15, -0.1) is 0 Å². The number of hydrogen-bond donors (Lipinski definition) is 1. The summed E-state index contributed by atoms with van der Waals surface area (Å²) < 4.78 is 10.4. The Bertz CT molecular complexity index is 898. The number of Topliss-reactive ketones (excluding diaryl/α,β-unsaturated/α-hetero) is 2. The normalized spacial score (nSPS) is 13.8. The lowest BCUT2D eigenvalue weighted by molar-refractivity contribution is 0.0995. The quantitative estimate of drug-likeness (QED) is 0.923. The fraction of sp³-hybridized carbons (Fsp3) is 0.111. The van der Waals surface area contributed by atoms with Crippen LogP contribution in [-0.2, 0) is 0 Å². The van der Waals surface area contributed by atoms with Gasteiger partial charge in [-0.05, 0) is 29.8 Å². The maximum absolute atomic E-state index is 12.8. The number of hydrogen-bond acceptors (Lipinski definition) is 5. The minimum Gasteiger partial charge on any atom is -0.507 e. The van der Waals surface area contributed by atoms with Gasteiger partial charge in [0.05, 0.1) is 25.4 Å². The van der Waals surface area contributed by atoms with E-state index >= 15 is 0 Å². The van der Waals surface area contributed by atoms with Gasteiger partial charge in [0.1, 0.15) is 10.8 Å². The van der Waals surface area contributed by atoms with Crippen LogP contribution in [0.15, 0.2) is 41.4 Å². The van der Waals surface area contributed by atoms with Crippen molar-refractivity contribution in [1.29, 1.82) is 0 Å². The number of halogens is 1. The van der Waals surface area contributed by atoms with E-state index in [0.717, 1.165) is 0 Å². The third-order valence-corrected chi connectivity index (χ3v) is 4.19. The second-order valence-corrected chi connectivity index (χ2v) is 5.49. The predicted molar refractivity (Wildman–Crippen MR) is 89.1 cm³/mol. The SMILES string of the molecule is COc1ccc(C2=C(Cl)C(=O)c3cccc(O)c3C2=O)cc1OC. The first-order chi connectivity index (χ1) is 11.5. The highest BCUT2D eigenvalue weighted by Gasteiger charge is 2.34. The van der Waals surface area contributed by atoms with Crippen LogP contribution in [0.25, 0.3) is 5.57 Å². The number of methoxy groups -OCH3 is 2. The van der Waals surface area contributed by atoms with Crippen LogP contribution in [-0.4, -0.2) is 30.9 Å². The molecule has 2 aromatic rings. The predicted octanol–water partition coefficient (Wildman–Crippen LogP) is 3.44. The van der Waals surface area contributed by atoms with Crippen molar-refractivity contribution in [2.24, 2.45) is 0 Å². The third kappa shape index (κ3) is 2.34. The highest BCUT2D eigenvalue weighted by atomic mass is 35.5. The lowest BCUT2D eigenvalue weighted by Crippen LogP contribution is -2.19. The summed E-state index contributed by atoms with van der Waals surface area (Å²) >= 11 is 6.17. The van der Waals surface area contributed by atoms with E-state index in [4.69, 9.17) is 21.1 Å². The Balaban J connectivity index is 2.22. The maximum atomic E-state index is 12.8. The zero-order valence-electron chi connectivity index (χ0n) is 12.9. The Morgan fingerprint density at radius 2 is 1.67 bits per heavy atom. The van der Waals surface area contributed by atoms with Crippen LogP contribution in [0.3, 0.4) is 0 Å². The molecule has 5 nitrogen and oxygen atoms in total. The van der Waals surface area contributed by atoms with Crippen LogP contribution in [0.5, 0.6) is 17.2 Å². The molecule has 0 unspecified atom stereocenters. The third-order valence-electron chi connectivity index (χ3n) is 3.83. The molecule has 1 N–H and O–H groups in total. The van der Waals surface area contributed by atoms with Crippen molar-refractivity contribution >= 4 is 28.7 Å². The van der Waals surface area contributed by atoms with Gasteiger partial charge in [-0.25, -0.2) is 0 Å². The minimum absolute atomic E-state index is 0.0246. The molecule has 0 saturated carbocycles. The number of fused-ring (bicyclic) bond motifs is 1. The molecule has 0 heterocycles. The molecule has 0 amide bonds. The van der Waals surface area contributed by atoms with Crippen molar-refractivity contribution in [3.63, 3.8) is 0 Å². The van der Waals surface area contributed by atoms with Gasteiger partial charge in [-0.3, -0.25) is 9.59 Å². The van der Waals surface area contributed by atoms with Crippen LogP contribution in [0.1, 0.15) is 26.3 Å². The molecule has 24 heavy (non-hydrogen) atoms. The van der Waals surface area contributed by atoms with E-state index in [9.17, 15) is 14.7 Å². The summed E-state index contributed by atoms with van der Waals surface area (Å²) in [6, 6.07) is 9.09. The second kappa shape index (κ2) is 6.02. The molecule has 0 bridgehead atoms. The Labute approximate surface area is 143 Å². The number of carbonyl (C=O) groups is 2. The smallest absolute Gasteiger partial charge is 0.206 e. The van der Waals surface area contributed by atoms with Crippen molar-refractivity contribution in [2.45, 2.75) is 0 Å². The van der Waals surface area contributed by atoms with Crippen molar-refractivity contribution in [1.82, 2.24) is 0 Å². The van der Waals surface area contributed by atoms with Crippen LogP contribution in [0.4, 0.5) is 0 Å². The van der Waals surface area contributed by atoms with Crippen LogP contribution in [0, 0.1) is 0 Å². The van der Waals surface area contributed by atoms with Gasteiger partial charge >= 0.3 is 0 Å². The van der Waals surface area contributed by atoms with Gasteiger partial charge in [-0.2, -0.15) is 0 Å². The van der Waals surface area contributed by atoms with Crippen molar-refractivity contribution in [3.8, 4) is 17.2 Å². The lowest BCUT2D eigenvalue weighted by atomic mass is 9.85. The summed E-state index contributed by atoms with van der Waals surface area (Å²) in [5.74, 6) is -0.397. The van der Waals surface area contributed by atoms with E-state index < -0.39 is 11.6 Å². The Morgan fingerprint density at radius 3 is 2.33 bits per heavy atom. The van der Waals surface area contributed by atoms with E-state index in [0.29, 0.717) is 17.1 Å². The Morgan fingerprint density at radius 1 is 0.958 bits per heavy atom. The standard InChI is InChI=1S/C18H13ClO5/c1-23-12-7-6-9(8-13(12)24-2)14-16(19)17(21)10-4-3-5-11(20)15(10)18(14)22/h3-8,20H,1-2H3. The molecule has 2 aromatic carbocycles. The van der Waals surface area contributed by atoms with E-state index in [-0.39, 0.29) is 27.5 Å². The highest BCUT2D eigenvalue weighted by molar-refractivity contribution is 6.57. The molecule has 1 aliphatic rings. The van der Waals surface area contributed by atoms with Gasteiger partial charge in [0.25, 0.3) is 0 Å². The summed E-state index contributed by atoms with van der Waals surface area (Å²) in [6.07, 6.45) is 0. The molecule has 6 heteroatoms. The number of ketones is 2. The van der Waals surface area contributed by atoms with Crippen molar-refractivity contribution < 1.29 is 24.2 Å². The van der Waals surface area contributed by atoms with E-state index in [1.807, 2.05) is 0 Å². The number of rotatable bonds is 3. The molecule has 0 spiro atoms. The summed E-state index contributed by atoms with van der Waals surface area (Å²) in [5, 5.41) is 9.81. The molecular formula is C18H13ClO5. The largest absolute Gasteiger partial charge is 0.507 e. The van der Waals surface area contributed by atoms with Gasteiger partial charge in [-0.1, -0.05) is 23.7 Å². The summed E-state index contributed by atoms with van der Waals surface area (Å²) in [5.41, 5.74) is 0.479. The molecule has 0 radical (unpaired) electrons. The molecule has 0 aromatic heterocycles. The summed E-state index contributed by atoms with van der Waals surface area (Å²) in [6.45, 7) is 0. The molecular weight excluding hydrogens is 332 g/mol.